The summed E-state index contributed by atoms with van der Waals surface area (Å²) in [5.41, 5.74) is 3.14. The number of aromatic carboxylic acids is 1. The molecule has 0 aliphatic carbocycles. The molecule has 2 aromatic carbocycles. The molecule has 0 radical (unpaired) electrons. The molecule has 0 fully saturated rings. The van der Waals surface area contributed by atoms with E-state index in [1.54, 1.807) is 30.3 Å². The van der Waals surface area contributed by atoms with E-state index in [2.05, 4.69) is 26.5 Å². The minimum absolute atomic E-state index is 0.0761. The third-order valence-electron chi connectivity index (χ3n) is 3.58. The molecule has 0 bridgehead atoms. The summed E-state index contributed by atoms with van der Waals surface area (Å²) in [5.74, 6) is -0.931. The van der Waals surface area contributed by atoms with Crippen molar-refractivity contribution in [2.45, 2.75) is 0 Å². The van der Waals surface area contributed by atoms with E-state index in [9.17, 15) is 14.7 Å². The molecule has 7 nitrogen and oxygen atoms in total. The van der Waals surface area contributed by atoms with Gasteiger partial charge < -0.3 is 14.6 Å². The molecule has 0 atom stereocenters. The number of benzene rings is 2. The van der Waals surface area contributed by atoms with Crippen LogP contribution in [0.25, 0.3) is 11.3 Å². The first-order valence-corrected chi connectivity index (χ1v) is 8.49. The monoisotopic (exact) mass is 428 g/mol. The largest absolute Gasteiger partial charge is 0.507 e. The van der Waals surface area contributed by atoms with Gasteiger partial charge in [0.2, 0.25) is 0 Å². The summed E-state index contributed by atoms with van der Waals surface area (Å²) in [4.78, 5) is 23.1. The van der Waals surface area contributed by atoms with Crippen LogP contribution in [-0.2, 0) is 0 Å². The minimum Gasteiger partial charge on any atom is -0.507 e. The van der Waals surface area contributed by atoms with Crippen molar-refractivity contribution in [1.82, 2.24) is 5.43 Å². The van der Waals surface area contributed by atoms with Gasteiger partial charge in [0.1, 0.15) is 17.3 Å². The SMILES string of the molecule is O=C(O)c1cccc(-c2ccc(/C=N\NC(=O)c3cc(Br)ccc3O)o2)c1. The Balaban J connectivity index is 1.70. The Kier molecular flexibility index (Phi) is 5.37. The summed E-state index contributed by atoms with van der Waals surface area (Å²) in [7, 11) is 0. The molecule has 1 amide bonds. The topological polar surface area (TPSA) is 112 Å². The first-order chi connectivity index (χ1) is 12.9. The molecule has 3 N–H and O–H groups in total. The van der Waals surface area contributed by atoms with Crippen molar-refractivity contribution in [3.05, 3.63) is 76.0 Å². The molecule has 3 aromatic rings. The summed E-state index contributed by atoms with van der Waals surface area (Å²) >= 11 is 3.23. The normalized spacial score (nSPS) is 10.9. The van der Waals surface area contributed by atoms with E-state index < -0.39 is 11.9 Å². The predicted molar refractivity (Wildman–Crippen MR) is 102 cm³/mol. The summed E-state index contributed by atoms with van der Waals surface area (Å²) in [6, 6.07) is 14.1. The zero-order valence-electron chi connectivity index (χ0n) is 13.7. The number of halogens is 1. The van der Waals surface area contributed by atoms with Crippen LogP contribution in [0, 0.1) is 0 Å². The van der Waals surface area contributed by atoms with E-state index >= 15 is 0 Å². The van der Waals surface area contributed by atoms with Crippen LogP contribution in [0.2, 0.25) is 0 Å². The number of carbonyl (C=O) groups excluding carboxylic acids is 1. The number of phenolic OH excluding ortho intramolecular Hbond substituents is 1. The molecule has 0 spiro atoms. The Hall–Kier alpha value is -3.39. The van der Waals surface area contributed by atoms with Gasteiger partial charge in [0.15, 0.2) is 0 Å². The van der Waals surface area contributed by atoms with Crippen LogP contribution in [0.3, 0.4) is 0 Å². The second-order valence-electron chi connectivity index (χ2n) is 5.45. The van der Waals surface area contributed by atoms with Crippen molar-refractivity contribution in [2.24, 2.45) is 5.10 Å². The van der Waals surface area contributed by atoms with Gasteiger partial charge in [-0.25, -0.2) is 10.2 Å². The van der Waals surface area contributed by atoms with Crippen LogP contribution >= 0.6 is 15.9 Å². The minimum atomic E-state index is -1.02. The lowest BCUT2D eigenvalue weighted by Gasteiger charge is -2.03. The molecule has 1 aromatic heterocycles. The number of nitrogens with zero attached hydrogens (tertiary/aromatic N) is 1. The number of hydrogen-bond acceptors (Lipinski definition) is 5. The zero-order valence-corrected chi connectivity index (χ0v) is 15.3. The number of carboxylic acid groups (broad SMARTS) is 1. The van der Waals surface area contributed by atoms with Gasteiger partial charge in [0.05, 0.1) is 17.3 Å². The fourth-order valence-electron chi connectivity index (χ4n) is 2.29. The maximum atomic E-state index is 12.0. The Morgan fingerprint density at radius 2 is 1.93 bits per heavy atom. The summed E-state index contributed by atoms with van der Waals surface area (Å²) in [5, 5.41) is 22.6. The van der Waals surface area contributed by atoms with Gasteiger partial charge in [0.25, 0.3) is 5.91 Å². The van der Waals surface area contributed by atoms with Gasteiger partial charge in [-0.2, -0.15) is 5.10 Å². The Morgan fingerprint density at radius 1 is 1.11 bits per heavy atom. The molecular formula is C19H13BrN2O5. The second-order valence-corrected chi connectivity index (χ2v) is 6.36. The number of aromatic hydroxyl groups is 1. The Morgan fingerprint density at radius 3 is 2.70 bits per heavy atom. The van der Waals surface area contributed by atoms with Crippen LogP contribution in [0.4, 0.5) is 0 Å². The lowest BCUT2D eigenvalue weighted by molar-refractivity contribution is 0.0696. The number of carbonyl (C=O) groups is 2. The van der Waals surface area contributed by atoms with Gasteiger partial charge in [0, 0.05) is 10.0 Å². The average molecular weight is 429 g/mol. The van der Waals surface area contributed by atoms with E-state index in [4.69, 9.17) is 9.52 Å². The van der Waals surface area contributed by atoms with E-state index in [-0.39, 0.29) is 16.9 Å². The highest BCUT2D eigenvalue weighted by molar-refractivity contribution is 9.10. The zero-order chi connectivity index (χ0) is 19.4. The number of hydrogen-bond donors (Lipinski definition) is 3. The molecule has 0 saturated heterocycles. The van der Waals surface area contributed by atoms with E-state index in [1.165, 1.54) is 30.5 Å². The first kappa shape index (κ1) is 18.4. The van der Waals surface area contributed by atoms with Crippen LogP contribution in [0.5, 0.6) is 5.75 Å². The van der Waals surface area contributed by atoms with Crippen molar-refractivity contribution in [3.63, 3.8) is 0 Å². The number of amides is 1. The van der Waals surface area contributed by atoms with Crippen molar-refractivity contribution in [2.75, 3.05) is 0 Å². The van der Waals surface area contributed by atoms with E-state index in [0.29, 0.717) is 21.6 Å². The number of nitrogens with one attached hydrogen (secondary N) is 1. The lowest BCUT2D eigenvalue weighted by atomic mass is 10.1. The molecule has 0 saturated carbocycles. The van der Waals surface area contributed by atoms with Gasteiger partial charge >= 0.3 is 5.97 Å². The van der Waals surface area contributed by atoms with E-state index in [0.717, 1.165) is 0 Å². The summed E-state index contributed by atoms with van der Waals surface area (Å²) in [6.45, 7) is 0. The third kappa shape index (κ3) is 4.42. The maximum absolute atomic E-state index is 12.0. The Bertz CT molecular complexity index is 1040. The number of rotatable bonds is 5. The lowest BCUT2D eigenvalue weighted by Crippen LogP contribution is -2.17. The molecule has 1 heterocycles. The summed E-state index contributed by atoms with van der Waals surface area (Å²) in [6.07, 6.45) is 1.30. The highest BCUT2D eigenvalue weighted by atomic mass is 79.9. The highest BCUT2D eigenvalue weighted by Crippen LogP contribution is 2.23. The van der Waals surface area contributed by atoms with Gasteiger partial charge in [-0.05, 0) is 42.5 Å². The standard InChI is InChI=1S/C19H13BrN2O5/c20-13-4-6-16(23)15(9-13)18(24)22-21-10-14-5-7-17(27-14)11-2-1-3-12(8-11)19(25)26/h1-10,23H,(H,22,24)(H,25,26)/b21-10-. The van der Waals surface area contributed by atoms with Crippen LogP contribution in [-0.4, -0.2) is 28.3 Å². The van der Waals surface area contributed by atoms with Crippen molar-refractivity contribution in [1.29, 1.82) is 0 Å². The predicted octanol–water partition coefficient (Wildman–Crippen LogP) is 3.88. The molecule has 27 heavy (non-hydrogen) atoms. The summed E-state index contributed by atoms with van der Waals surface area (Å²) < 4.78 is 6.23. The van der Waals surface area contributed by atoms with Crippen LogP contribution in [0.15, 0.2) is 68.6 Å². The van der Waals surface area contributed by atoms with E-state index in [1.807, 2.05) is 0 Å². The van der Waals surface area contributed by atoms with Crippen LogP contribution in [0.1, 0.15) is 26.5 Å². The first-order valence-electron chi connectivity index (χ1n) is 7.69. The molecule has 0 aliphatic heterocycles. The van der Waals surface area contributed by atoms with Gasteiger partial charge in [-0.3, -0.25) is 4.79 Å². The second kappa shape index (κ2) is 7.88. The van der Waals surface area contributed by atoms with Gasteiger partial charge in [-0.1, -0.05) is 28.1 Å². The number of phenols is 1. The fraction of sp³-hybridized carbons (Fsp3) is 0. The third-order valence-corrected chi connectivity index (χ3v) is 4.08. The number of hydrazone groups is 1. The molecule has 0 unspecified atom stereocenters. The van der Waals surface area contributed by atoms with Crippen molar-refractivity contribution >= 4 is 34.0 Å². The van der Waals surface area contributed by atoms with Gasteiger partial charge in [-0.15, -0.1) is 0 Å². The Labute approximate surface area is 162 Å². The average Bonchev–Trinajstić information content (AvgIpc) is 3.12. The molecular weight excluding hydrogens is 416 g/mol. The smallest absolute Gasteiger partial charge is 0.335 e. The van der Waals surface area contributed by atoms with Crippen molar-refractivity contribution < 1.29 is 24.2 Å². The molecule has 3 rings (SSSR count). The maximum Gasteiger partial charge on any atom is 0.335 e. The van der Waals surface area contributed by atoms with Crippen LogP contribution < -0.4 is 5.43 Å². The fourth-order valence-corrected chi connectivity index (χ4v) is 2.65. The highest BCUT2D eigenvalue weighted by Gasteiger charge is 2.11. The van der Waals surface area contributed by atoms with Crippen molar-refractivity contribution in [3.8, 4) is 17.1 Å². The molecule has 136 valence electrons. The number of furan rings is 1. The quantitative estimate of drug-likeness (QED) is 0.421. The molecule has 8 heteroatoms. The molecule has 0 aliphatic rings. The number of carboxylic acids is 1.